The van der Waals surface area contributed by atoms with Gasteiger partial charge in [-0.2, -0.15) is 0 Å². The first kappa shape index (κ1) is 20.4. The Labute approximate surface area is 157 Å². The lowest BCUT2D eigenvalue weighted by Crippen LogP contribution is -2.27. The summed E-state index contributed by atoms with van der Waals surface area (Å²) in [4.78, 5) is 12.1. The zero-order valence-corrected chi connectivity index (χ0v) is 16.3. The van der Waals surface area contributed by atoms with E-state index in [1.54, 1.807) is 12.1 Å². The van der Waals surface area contributed by atoms with Crippen LogP contribution in [0.15, 0.2) is 29.2 Å². The van der Waals surface area contributed by atoms with Crippen molar-refractivity contribution in [1.82, 2.24) is 14.9 Å². The van der Waals surface area contributed by atoms with E-state index in [4.69, 9.17) is 4.74 Å². The van der Waals surface area contributed by atoms with Gasteiger partial charge in [-0.25, -0.2) is 13.1 Å². The number of carbonyl (C=O) groups is 1. The molecule has 1 aromatic heterocycles. The molecule has 142 valence electrons. The van der Waals surface area contributed by atoms with Gasteiger partial charge in [0.25, 0.3) is 0 Å². The van der Waals surface area contributed by atoms with Crippen molar-refractivity contribution >= 4 is 32.4 Å². The van der Waals surface area contributed by atoms with Crippen LogP contribution in [0.2, 0.25) is 0 Å². The van der Waals surface area contributed by atoms with Crippen molar-refractivity contribution in [2.45, 2.75) is 31.6 Å². The average Bonchev–Trinajstić information content (AvgIpc) is 3.02. The molecule has 26 heavy (non-hydrogen) atoms. The van der Waals surface area contributed by atoms with Gasteiger partial charge >= 0.3 is 0 Å². The molecule has 8 nitrogen and oxygen atoms in total. The fourth-order valence-corrected chi connectivity index (χ4v) is 3.76. The molecule has 0 aliphatic carbocycles. The van der Waals surface area contributed by atoms with Crippen LogP contribution in [0.25, 0.3) is 0 Å². The molecule has 0 bridgehead atoms. The van der Waals surface area contributed by atoms with E-state index in [-0.39, 0.29) is 23.8 Å². The molecule has 0 aliphatic heterocycles. The zero-order valence-electron chi connectivity index (χ0n) is 14.7. The molecule has 0 spiro atoms. The molecule has 0 radical (unpaired) electrons. The minimum atomic E-state index is -3.62. The summed E-state index contributed by atoms with van der Waals surface area (Å²) in [5.74, 6) is -0.330. The Balaban J connectivity index is 1.77. The molecule has 1 aromatic carbocycles. The third-order valence-corrected chi connectivity index (χ3v) is 5.73. The Hall–Kier alpha value is -1.88. The van der Waals surface area contributed by atoms with E-state index in [0.29, 0.717) is 24.8 Å². The number of carbonyl (C=O) groups excluding carboxylic acids is 1. The number of rotatable bonds is 10. The minimum Gasteiger partial charge on any atom is -0.381 e. The molecule has 10 heteroatoms. The highest BCUT2D eigenvalue weighted by Gasteiger charge is 2.14. The lowest BCUT2D eigenvalue weighted by molar-refractivity contribution is -0.116. The van der Waals surface area contributed by atoms with Gasteiger partial charge in [0.1, 0.15) is 5.01 Å². The van der Waals surface area contributed by atoms with E-state index < -0.39 is 10.0 Å². The van der Waals surface area contributed by atoms with Crippen LogP contribution in [0.1, 0.15) is 23.9 Å². The van der Waals surface area contributed by atoms with Crippen molar-refractivity contribution in [1.29, 1.82) is 0 Å². The number of benzene rings is 1. The van der Waals surface area contributed by atoms with Crippen molar-refractivity contribution in [2.24, 2.45) is 0 Å². The molecule has 0 fully saturated rings. The third kappa shape index (κ3) is 6.45. The molecular weight excluding hydrogens is 376 g/mol. The van der Waals surface area contributed by atoms with Gasteiger partial charge in [0.05, 0.1) is 11.5 Å². The van der Waals surface area contributed by atoms with E-state index in [9.17, 15) is 13.2 Å². The number of hydrogen-bond donors (Lipinski definition) is 2. The van der Waals surface area contributed by atoms with E-state index in [2.05, 4.69) is 20.2 Å². The molecular formula is C16H22N4O4S2. The SMILES string of the molecule is CCOCCc1nnc(NC(=O)CCNS(=O)(=O)c2ccc(C)cc2)s1. The summed E-state index contributed by atoms with van der Waals surface area (Å²) in [5.41, 5.74) is 0.973. The van der Waals surface area contributed by atoms with Crippen LogP contribution in [0.5, 0.6) is 0 Å². The molecule has 0 unspecified atom stereocenters. The monoisotopic (exact) mass is 398 g/mol. The second kappa shape index (κ2) is 9.72. The number of nitrogens with zero attached hydrogens (tertiary/aromatic N) is 2. The number of aromatic nitrogens is 2. The van der Waals surface area contributed by atoms with Crippen molar-refractivity contribution in [3.8, 4) is 0 Å². The first-order valence-corrected chi connectivity index (χ1v) is 10.5. The highest BCUT2D eigenvalue weighted by atomic mass is 32.2. The number of aryl methyl sites for hydroxylation is 1. The predicted molar refractivity (Wildman–Crippen MR) is 99.7 cm³/mol. The van der Waals surface area contributed by atoms with Gasteiger partial charge in [-0.05, 0) is 26.0 Å². The summed E-state index contributed by atoms with van der Waals surface area (Å²) in [5, 5.41) is 11.6. The predicted octanol–water partition coefficient (Wildman–Crippen LogP) is 1.73. The smallest absolute Gasteiger partial charge is 0.240 e. The largest absolute Gasteiger partial charge is 0.381 e. The molecule has 2 N–H and O–H groups in total. The fraction of sp³-hybridized carbons (Fsp3) is 0.438. The maximum absolute atomic E-state index is 12.1. The van der Waals surface area contributed by atoms with Crippen LogP contribution in [-0.4, -0.2) is 44.3 Å². The molecule has 0 saturated heterocycles. The van der Waals surface area contributed by atoms with Crippen LogP contribution in [0, 0.1) is 6.92 Å². The molecule has 0 saturated carbocycles. The summed E-state index contributed by atoms with van der Waals surface area (Å²) in [6, 6.07) is 6.51. The number of ether oxygens (including phenoxy) is 1. The highest BCUT2D eigenvalue weighted by molar-refractivity contribution is 7.89. The van der Waals surface area contributed by atoms with Crippen molar-refractivity contribution in [2.75, 3.05) is 25.1 Å². The highest BCUT2D eigenvalue weighted by Crippen LogP contribution is 2.16. The summed E-state index contributed by atoms with van der Waals surface area (Å²) in [7, 11) is -3.62. The number of amides is 1. The maximum atomic E-state index is 12.1. The van der Waals surface area contributed by atoms with Gasteiger partial charge in [0.15, 0.2) is 0 Å². The van der Waals surface area contributed by atoms with Crippen LogP contribution in [0.3, 0.4) is 0 Å². The Morgan fingerprint density at radius 3 is 2.65 bits per heavy atom. The quantitative estimate of drug-likeness (QED) is 0.590. The van der Waals surface area contributed by atoms with E-state index in [0.717, 1.165) is 10.6 Å². The minimum absolute atomic E-state index is 0.00104. The molecule has 0 atom stereocenters. The van der Waals surface area contributed by atoms with Gasteiger partial charge in [0, 0.05) is 26.0 Å². The Morgan fingerprint density at radius 1 is 1.23 bits per heavy atom. The standard InChI is InChI=1S/C16H22N4O4S2/c1-3-24-11-9-15-19-20-16(25-15)18-14(21)8-10-17-26(22,23)13-6-4-12(2)5-7-13/h4-7,17H,3,8-11H2,1-2H3,(H,18,20,21). The van der Waals surface area contributed by atoms with Crippen LogP contribution in [-0.2, 0) is 26.0 Å². The third-order valence-electron chi connectivity index (χ3n) is 3.35. The molecule has 1 amide bonds. The van der Waals surface area contributed by atoms with E-state index in [1.165, 1.54) is 23.5 Å². The summed E-state index contributed by atoms with van der Waals surface area (Å²) >= 11 is 1.28. The van der Waals surface area contributed by atoms with Crippen molar-refractivity contribution in [3.63, 3.8) is 0 Å². The first-order chi connectivity index (χ1) is 12.4. The van der Waals surface area contributed by atoms with Gasteiger partial charge in [-0.3, -0.25) is 4.79 Å². The Kier molecular flexibility index (Phi) is 7.64. The summed E-state index contributed by atoms with van der Waals surface area (Å²) in [6.45, 7) is 4.99. The van der Waals surface area contributed by atoms with Gasteiger partial charge in [0.2, 0.25) is 21.1 Å². The van der Waals surface area contributed by atoms with Crippen molar-refractivity contribution in [3.05, 3.63) is 34.8 Å². The summed E-state index contributed by atoms with van der Waals surface area (Å²) in [6.07, 6.45) is 0.636. The lowest BCUT2D eigenvalue weighted by Gasteiger charge is -2.06. The van der Waals surface area contributed by atoms with Crippen LogP contribution in [0.4, 0.5) is 5.13 Å². The normalized spacial score (nSPS) is 11.5. The molecule has 2 aromatic rings. The van der Waals surface area contributed by atoms with Gasteiger partial charge in [-0.1, -0.05) is 29.0 Å². The Bertz CT molecular complexity index is 819. The Morgan fingerprint density at radius 2 is 1.96 bits per heavy atom. The zero-order chi connectivity index (χ0) is 19.0. The number of sulfonamides is 1. The second-order valence-corrected chi connectivity index (χ2v) is 8.29. The van der Waals surface area contributed by atoms with Crippen LogP contribution >= 0.6 is 11.3 Å². The average molecular weight is 399 g/mol. The topological polar surface area (TPSA) is 110 Å². The fourth-order valence-electron chi connectivity index (χ4n) is 1.99. The summed E-state index contributed by atoms with van der Waals surface area (Å²) < 4.78 is 31.9. The molecule has 1 heterocycles. The van der Waals surface area contributed by atoms with Gasteiger partial charge in [-0.15, -0.1) is 10.2 Å². The molecule has 2 rings (SSSR count). The molecule has 0 aliphatic rings. The van der Waals surface area contributed by atoms with Crippen LogP contribution < -0.4 is 10.0 Å². The van der Waals surface area contributed by atoms with E-state index >= 15 is 0 Å². The second-order valence-electron chi connectivity index (χ2n) is 5.46. The number of anilines is 1. The lowest BCUT2D eigenvalue weighted by atomic mass is 10.2. The maximum Gasteiger partial charge on any atom is 0.240 e. The van der Waals surface area contributed by atoms with Gasteiger partial charge < -0.3 is 10.1 Å². The van der Waals surface area contributed by atoms with Crippen molar-refractivity contribution < 1.29 is 17.9 Å². The number of nitrogens with one attached hydrogen (secondary N) is 2. The first-order valence-electron chi connectivity index (χ1n) is 8.17. The van der Waals surface area contributed by atoms with E-state index in [1.807, 2.05) is 13.8 Å². The number of hydrogen-bond acceptors (Lipinski definition) is 7.